The van der Waals surface area contributed by atoms with Gasteiger partial charge in [-0.05, 0) is 6.07 Å². The lowest BCUT2D eigenvalue weighted by molar-refractivity contribution is 0.111. The molecule has 0 amide bonds. The quantitative estimate of drug-likeness (QED) is 0.775. The zero-order valence-corrected chi connectivity index (χ0v) is 10.1. The number of hydrogen-bond donors (Lipinski definition) is 0. The molecule has 0 aliphatic rings. The van der Waals surface area contributed by atoms with E-state index in [0.29, 0.717) is 34.3 Å². The van der Waals surface area contributed by atoms with Crippen LogP contribution in [0.4, 0.5) is 0 Å². The van der Waals surface area contributed by atoms with Gasteiger partial charge in [0, 0.05) is 16.3 Å². The summed E-state index contributed by atoms with van der Waals surface area (Å²) >= 11 is 0. The Morgan fingerprint density at radius 2 is 1.72 bits per heavy atom. The summed E-state index contributed by atoms with van der Waals surface area (Å²) in [6.07, 6.45) is 1.42. The Bertz CT molecular complexity index is 617. The van der Waals surface area contributed by atoms with Crippen molar-refractivity contribution in [3.05, 3.63) is 35.4 Å². The Kier molecular flexibility index (Phi) is 3.28. The second-order valence-corrected chi connectivity index (χ2v) is 3.71. The average Bonchev–Trinajstić information content (AvgIpc) is 2.44. The molecule has 2 aromatic rings. The van der Waals surface area contributed by atoms with Crippen molar-refractivity contribution in [3.63, 3.8) is 0 Å². The van der Waals surface area contributed by atoms with Gasteiger partial charge in [0.25, 0.3) is 0 Å². The molecule has 2 rings (SSSR count). The third-order valence-corrected chi connectivity index (χ3v) is 2.82. The molecule has 0 saturated heterocycles. The largest absolute Gasteiger partial charge is 0.496 e. The first-order valence-electron chi connectivity index (χ1n) is 5.34. The SMILES string of the molecule is COc1cc(C=O)c(OC)c2c(C=O)cccc12. The van der Waals surface area contributed by atoms with Gasteiger partial charge in [0.1, 0.15) is 11.5 Å². The zero-order chi connectivity index (χ0) is 13.1. The van der Waals surface area contributed by atoms with E-state index in [-0.39, 0.29) is 0 Å². The van der Waals surface area contributed by atoms with Gasteiger partial charge in [-0.1, -0.05) is 18.2 Å². The molecular formula is C14H12O4. The van der Waals surface area contributed by atoms with Gasteiger partial charge in [-0.15, -0.1) is 0 Å². The highest BCUT2D eigenvalue weighted by Gasteiger charge is 2.15. The molecule has 0 saturated carbocycles. The molecule has 4 heteroatoms. The summed E-state index contributed by atoms with van der Waals surface area (Å²) in [4.78, 5) is 22.2. The fraction of sp³-hybridized carbons (Fsp3) is 0.143. The number of fused-ring (bicyclic) bond motifs is 1. The van der Waals surface area contributed by atoms with E-state index < -0.39 is 0 Å². The van der Waals surface area contributed by atoms with Crippen molar-refractivity contribution in [2.45, 2.75) is 0 Å². The van der Waals surface area contributed by atoms with Crippen LogP contribution in [0.15, 0.2) is 24.3 Å². The first kappa shape index (κ1) is 12.1. The predicted molar refractivity (Wildman–Crippen MR) is 67.8 cm³/mol. The molecular weight excluding hydrogens is 232 g/mol. The van der Waals surface area contributed by atoms with Gasteiger partial charge in [-0.2, -0.15) is 0 Å². The second-order valence-electron chi connectivity index (χ2n) is 3.71. The lowest BCUT2D eigenvalue weighted by Gasteiger charge is -2.13. The Morgan fingerprint density at radius 3 is 2.28 bits per heavy atom. The van der Waals surface area contributed by atoms with Crippen LogP contribution in [0.3, 0.4) is 0 Å². The van der Waals surface area contributed by atoms with Crippen molar-refractivity contribution < 1.29 is 19.1 Å². The van der Waals surface area contributed by atoms with E-state index in [1.807, 2.05) is 6.07 Å². The molecule has 4 nitrogen and oxygen atoms in total. The Labute approximate surface area is 104 Å². The molecule has 0 heterocycles. The number of carbonyl (C=O) groups excluding carboxylic acids is 2. The highest BCUT2D eigenvalue weighted by atomic mass is 16.5. The minimum atomic E-state index is 0.358. The summed E-state index contributed by atoms with van der Waals surface area (Å²) in [5.74, 6) is 0.931. The fourth-order valence-corrected chi connectivity index (χ4v) is 2.03. The number of methoxy groups -OCH3 is 2. The van der Waals surface area contributed by atoms with Crippen molar-refractivity contribution in [2.24, 2.45) is 0 Å². The normalized spacial score (nSPS) is 10.1. The lowest BCUT2D eigenvalue weighted by atomic mass is 10.00. The molecule has 0 radical (unpaired) electrons. The van der Waals surface area contributed by atoms with Crippen LogP contribution in [-0.2, 0) is 0 Å². The van der Waals surface area contributed by atoms with Crippen molar-refractivity contribution in [3.8, 4) is 11.5 Å². The summed E-state index contributed by atoms with van der Waals surface area (Å²) in [6, 6.07) is 6.85. The van der Waals surface area contributed by atoms with Crippen LogP contribution in [0, 0.1) is 0 Å². The van der Waals surface area contributed by atoms with E-state index in [1.54, 1.807) is 18.2 Å². The predicted octanol–water partition coefficient (Wildman–Crippen LogP) is 2.48. The molecule has 0 unspecified atom stereocenters. The van der Waals surface area contributed by atoms with Crippen molar-refractivity contribution in [1.82, 2.24) is 0 Å². The van der Waals surface area contributed by atoms with E-state index in [4.69, 9.17) is 9.47 Å². The van der Waals surface area contributed by atoms with Gasteiger partial charge in [0.15, 0.2) is 12.6 Å². The van der Waals surface area contributed by atoms with Crippen molar-refractivity contribution >= 4 is 23.3 Å². The maximum atomic E-state index is 11.1. The van der Waals surface area contributed by atoms with Crippen LogP contribution in [0.25, 0.3) is 10.8 Å². The van der Waals surface area contributed by atoms with Crippen LogP contribution >= 0.6 is 0 Å². The Balaban J connectivity index is 3.00. The van der Waals surface area contributed by atoms with Crippen molar-refractivity contribution in [2.75, 3.05) is 14.2 Å². The Hall–Kier alpha value is -2.36. The molecule has 0 aliphatic heterocycles. The Morgan fingerprint density at radius 1 is 1.00 bits per heavy atom. The van der Waals surface area contributed by atoms with E-state index in [0.717, 1.165) is 11.7 Å². The molecule has 92 valence electrons. The lowest BCUT2D eigenvalue weighted by Crippen LogP contribution is -1.97. The number of rotatable bonds is 4. The van der Waals surface area contributed by atoms with Crippen LogP contribution < -0.4 is 9.47 Å². The average molecular weight is 244 g/mol. The summed E-state index contributed by atoms with van der Waals surface area (Å²) in [5, 5.41) is 1.33. The highest BCUT2D eigenvalue weighted by Crippen LogP contribution is 2.37. The summed E-state index contributed by atoms with van der Waals surface area (Å²) in [7, 11) is 2.99. The number of benzene rings is 2. The molecule has 0 fully saturated rings. The molecule has 0 aromatic heterocycles. The monoisotopic (exact) mass is 244 g/mol. The molecule has 0 bridgehead atoms. The molecule has 0 aliphatic carbocycles. The topological polar surface area (TPSA) is 52.6 Å². The third kappa shape index (κ3) is 1.72. The number of ether oxygens (including phenoxy) is 2. The third-order valence-electron chi connectivity index (χ3n) is 2.82. The van der Waals surface area contributed by atoms with Crippen LogP contribution in [0.1, 0.15) is 20.7 Å². The summed E-state index contributed by atoms with van der Waals surface area (Å²) < 4.78 is 10.5. The maximum Gasteiger partial charge on any atom is 0.153 e. The van der Waals surface area contributed by atoms with Crippen LogP contribution in [0.5, 0.6) is 11.5 Å². The standard InChI is InChI=1S/C14H12O4/c1-17-12-6-10(8-16)14(18-2)13-9(7-15)4-3-5-11(12)13/h3-8H,1-2H3. The van der Waals surface area contributed by atoms with Gasteiger partial charge >= 0.3 is 0 Å². The maximum absolute atomic E-state index is 11.1. The zero-order valence-electron chi connectivity index (χ0n) is 10.1. The molecule has 2 aromatic carbocycles. The van der Waals surface area contributed by atoms with E-state index >= 15 is 0 Å². The number of hydrogen-bond acceptors (Lipinski definition) is 4. The highest BCUT2D eigenvalue weighted by molar-refractivity contribution is 6.07. The van der Waals surface area contributed by atoms with Gasteiger partial charge in [-0.25, -0.2) is 0 Å². The van der Waals surface area contributed by atoms with Crippen LogP contribution in [0.2, 0.25) is 0 Å². The van der Waals surface area contributed by atoms with Gasteiger partial charge in [0.2, 0.25) is 0 Å². The number of carbonyl (C=O) groups is 2. The molecule has 0 spiro atoms. The van der Waals surface area contributed by atoms with Crippen LogP contribution in [-0.4, -0.2) is 26.8 Å². The molecule has 0 N–H and O–H groups in total. The summed E-state index contributed by atoms with van der Waals surface area (Å²) in [6.45, 7) is 0. The second kappa shape index (κ2) is 4.87. The molecule has 18 heavy (non-hydrogen) atoms. The summed E-state index contributed by atoms with van der Waals surface area (Å²) in [5.41, 5.74) is 0.822. The first-order valence-corrected chi connectivity index (χ1v) is 5.34. The van der Waals surface area contributed by atoms with Gasteiger partial charge in [0.05, 0.1) is 19.8 Å². The fourth-order valence-electron chi connectivity index (χ4n) is 2.03. The smallest absolute Gasteiger partial charge is 0.153 e. The van der Waals surface area contributed by atoms with E-state index in [2.05, 4.69) is 0 Å². The van der Waals surface area contributed by atoms with Gasteiger partial charge in [-0.3, -0.25) is 9.59 Å². The van der Waals surface area contributed by atoms with E-state index in [9.17, 15) is 9.59 Å². The molecule has 0 atom stereocenters. The minimum Gasteiger partial charge on any atom is -0.496 e. The van der Waals surface area contributed by atoms with E-state index in [1.165, 1.54) is 14.2 Å². The van der Waals surface area contributed by atoms with Gasteiger partial charge < -0.3 is 9.47 Å². The first-order chi connectivity index (χ1) is 8.76. The number of aldehydes is 2. The van der Waals surface area contributed by atoms with Crippen molar-refractivity contribution in [1.29, 1.82) is 0 Å². The minimum absolute atomic E-state index is 0.358.